The summed E-state index contributed by atoms with van der Waals surface area (Å²) in [6.07, 6.45) is 8.07. The molecule has 3 heterocycles. The van der Waals surface area contributed by atoms with Crippen molar-refractivity contribution in [3.8, 4) is 0 Å². The maximum absolute atomic E-state index is 10.9. The molecule has 0 unspecified atom stereocenters. The lowest BCUT2D eigenvalue weighted by molar-refractivity contribution is -0.116. The first-order valence-electron chi connectivity index (χ1n) is 8.81. The molecule has 1 aliphatic rings. The average molecular weight is 364 g/mol. The number of amides is 1. The highest BCUT2D eigenvalue weighted by Gasteiger charge is 2.14. The van der Waals surface area contributed by atoms with Crippen molar-refractivity contribution in [2.24, 2.45) is 17.4 Å². The summed E-state index contributed by atoms with van der Waals surface area (Å²) in [7, 11) is 0. The van der Waals surface area contributed by atoms with Gasteiger partial charge in [-0.05, 0) is 53.1 Å². The molecule has 0 aromatic carbocycles. The van der Waals surface area contributed by atoms with Gasteiger partial charge in [0.25, 0.3) is 0 Å². The number of allylic oxidation sites excluding steroid dienone is 2. The van der Waals surface area contributed by atoms with E-state index in [1.54, 1.807) is 11.1 Å². The fourth-order valence-electron chi connectivity index (χ4n) is 2.89. The first-order valence-corrected chi connectivity index (χ1v) is 8.81. The molecule has 0 spiro atoms. The van der Waals surface area contributed by atoms with Gasteiger partial charge in [0.2, 0.25) is 6.41 Å². The van der Waals surface area contributed by atoms with Crippen LogP contribution in [0.3, 0.4) is 0 Å². The van der Waals surface area contributed by atoms with Gasteiger partial charge in [-0.15, -0.1) is 0 Å². The molecular formula is C20H24N6O. The molecule has 3 rings (SSSR count). The Labute approximate surface area is 158 Å². The van der Waals surface area contributed by atoms with Gasteiger partial charge in [0.15, 0.2) is 0 Å². The number of hydrogen-bond acceptors (Lipinski definition) is 6. The van der Waals surface area contributed by atoms with Gasteiger partial charge in [0, 0.05) is 19.3 Å². The maximum Gasteiger partial charge on any atom is 0.210 e. The normalized spacial score (nSPS) is 15.4. The fourth-order valence-corrected chi connectivity index (χ4v) is 2.89. The number of rotatable bonds is 6. The Morgan fingerprint density at radius 1 is 1.33 bits per heavy atom. The topological polar surface area (TPSA) is 110 Å². The summed E-state index contributed by atoms with van der Waals surface area (Å²) >= 11 is 0. The van der Waals surface area contributed by atoms with E-state index in [2.05, 4.69) is 15.3 Å². The average Bonchev–Trinajstić information content (AvgIpc) is 3.14. The molecule has 140 valence electrons. The molecule has 0 fully saturated rings. The van der Waals surface area contributed by atoms with E-state index < -0.39 is 0 Å². The van der Waals surface area contributed by atoms with Crippen molar-refractivity contribution in [3.05, 3.63) is 59.7 Å². The van der Waals surface area contributed by atoms with E-state index in [4.69, 9.17) is 11.5 Å². The lowest BCUT2D eigenvalue weighted by Gasteiger charge is -2.11. The highest BCUT2D eigenvalue weighted by molar-refractivity contribution is 5.82. The third-order valence-corrected chi connectivity index (χ3v) is 4.46. The molecule has 1 aliphatic heterocycles. The minimum absolute atomic E-state index is 0.275. The molecule has 5 N–H and O–H groups in total. The van der Waals surface area contributed by atoms with Crippen LogP contribution in [0.4, 0.5) is 5.82 Å². The summed E-state index contributed by atoms with van der Waals surface area (Å²) in [5.41, 5.74) is 16.3. The van der Waals surface area contributed by atoms with Crippen LogP contribution in [-0.4, -0.2) is 34.4 Å². The number of fused-ring (bicyclic) bond motifs is 1. The van der Waals surface area contributed by atoms with Gasteiger partial charge in [0.05, 0.1) is 11.0 Å². The van der Waals surface area contributed by atoms with E-state index in [0.29, 0.717) is 24.7 Å². The lowest BCUT2D eigenvalue weighted by Crippen LogP contribution is -2.17. The van der Waals surface area contributed by atoms with Crippen LogP contribution >= 0.6 is 0 Å². The second kappa shape index (κ2) is 7.90. The molecule has 0 bridgehead atoms. The van der Waals surface area contributed by atoms with Crippen molar-refractivity contribution in [3.63, 3.8) is 0 Å². The summed E-state index contributed by atoms with van der Waals surface area (Å²) in [5.74, 6) is 1.37. The van der Waals surface area contributed by atoms with Crippen LogP contribution in [0.15, 0.2) is 54.1 Å². The van der Waals surface area contributed by atoms with Crippen LogP contribution in [0.5, 0.6) is 0 Å². The number of carbonyl (C=O) groups is 1. The molecule has 0 radical (unpaired) electrons. The largest absolute Gasteiger partial charge is 0.404 e. The van der Waals surface area contributed by atoms with Gasteiger partial charge in [0.1, 0.15) is 11.6 Å². The van der Waals surface area contributed by atoms with Crippen molar-refractivity contribution < 1.29 is 4.79 Å². The van der Waals surface area contributed by atoms with Gasteiger partial charge < -0.3 is 21.7 Å². The quantitative estimate of drug-likeness (QED) is 0.535. The molecule has 1 amide bonds. The number of pyridine rings is 2. The van der Waals surface area contributed by atoms with Crippen LogP contribution in [0.2, 0.25) is 0 Å². The first kappa shape index (κ1) is 18.4. The molecule has 0 saturated heterocycles. The zero-order valence-electron chi connectivity index (χ0n) is 15.5. The molecule has 0 aliphatic carbocycles. The van der Waals surface area contributed by atoms with Crippen molar-refractivity contribution in [1.29, 1.82) is 0 Å². The number of nitrogens with zero attached hydrogens (tertiary/aromatic N) is 3. The van der Waals surface area contributed by atoms with Crippen LogP contribution < -0.4 is 16.8 Å². The van der Waals surface area contributed by atoms with Gasteiger partial charge in [-0.1, -0.05) is 19.9 Å². The number of nitrogens with two attached hydrogens (primary N) is 2. The standard InChI is InChI=1S/C20H24N6O/c1-13(2)15(9-21)8-19(22)25-20-4-3-17-18(24-20)7-16(10-23-17)14-5-6-26(11-14)12-27/h3-5,7-10,12-13H,6,11,21-22H2,1-2H3,(H,24,25)/b15-9+,19-8+. The SMILES string of the molecule is CC(C)C(=C/N)/C=C(\N)Nc1ccc2ncc(C3=CCN(C=O)C3)cc2n1. The second-order valence-electron chi connectivity index (χ2n) is 6.77. The van der Waals surface area contributed by atoms with E-state index in [1.165, 1.54) is 0 Å². The summed E-state index contributed by atoms with van der Waals surface area (Å²) in [6.45, 7) is 5.31. The molecular weight excluding hydrogens is 340 g/mol. The zero-order chi connectivity index (χ0) is 19.4. The smallest absolute Gasteiger partial charge is 0.210 e. The molecule has 0 atom stereocenters. The molecule has 2 aromatic rings. The molecule has 0 saturated carbocycles. The molecule has 7 nitrogen and oxygen atoms in total. The molecule has 27 heavy (non-hydrogen) atoms. The molecule has 2 aromatic heterocycles. The highest BCUT2D eigenvalue weighted by atomic mass is 16.1. The van der Waals surface area contributed by atoms with Crippen LogP contribution in [0.25, 0.3) is 16.6 Å². The minimum atomic E-state index is 0.275. The minimum Gasteiger partial charge on any atom is -0.404 e. The van der Waals surface area contributed by atoms with E-state index in [-0.39, 0.29) is 5.92 Å². The Morgan fingerprint density at radius 2 is 2.15 bits per heavy atom. The second-order valence-corrected chi connectivity index (χ2v) is 6.77. The Morgan fingerprint density at radius 3 is 2.81 bits per heavy atom. The Kier molecular flexibility index (Phi) is 5.40. The first-order chi connectivity index (χ1) is 13.0. The zero-order valence-corrected chi connectivity index (χ0v) is 15.5. The van der Waals surface area contributed by atoms with Crippen LogP contribution in [0, 0.1) is 5.92 Å². The number of hydrogen-bond donors (Lipinski definition) is 3. The highest BCUT2D eigenvalue weighted by Crippen LogP contribution is 2.23. The summed E-state index contributed by atoms with van der Waals surface area (Å²) < 4.78 is 0. The Bertz CT molecular complexity index is 945. The van der Waals surface area contributed by atoms with Crippen LogP contribution in [0.1, 0.15) is 19.4 Å². The maximum atomic E-state index is 10.9. The van der Waals surface area contributed by atoms with Crippen molar-refractivity contribution >= 4 is 28.8 Å². The van der Waals surface area contributed by atoms with E-state index in [0.717, 1.165) is 34.2 Å². The monoisotopic (exact) mass is 364 g/mol. The number of aromatic nitrogens is 2. The Hall–Kier alpha value is -3.35. The van der Waals surface area contributed by atoms with E-state index >= 15 is 0 Å². The third-order valence-electron chi connectivity index (χ3n) is 4.46. The lowest BCUT2D eigenvalue weighted by atomic mass is 10.0. The predicted molar refractivity (Wildman–Crippen MR) is 108 cm³/mol. The van der Waals surface area contributed by atoms with E-state index in [9.17, 15) is 4.79 Å². The number of nitrogens with one attached hydrogen (secondary N) is 1. The summed E-state index contributed by atoms with van der Waals surface area (Å²) in [6, 6.07) is 5.71. The molecule has 7 heteroatoms. The van der Waals surface area contributed by atoms with Gasteiger partial charge in [-0.3, -0.25) is 9.78 Å². The van der Waals surface area contributed by atoms with Gasteiger partial charge in [-0.2, -0.15) is 0 Å². The fraction of sp³-hybridized carbons (Fsp3) is 0.250. The number of anilines is 1. The predicted octanol–water partition coefficient (Wildman–Crippen LogP) is 2.20. The van der Waals surface area contributed by atoms with Crippen LogP contribution in [-0.2, 0) is 4.79 Å². The third kappa shape index (κ3) is 4.25. The van der Waals surface area contributed by atoms with Crippen molar-refractivity contribution in [2.45, 2.75) is 13.8 Å². The number of carbonyl (C=O) groups excluding carboxylic acids is 1. The van der Waals surface area contributed by atoms with E-state index in [1.807, 2.05) is 50.4 Å². The summed E-state index contributed by atoms with van der Waals surface area (Å²) in [5, 5.41) is 3.09. The van der Waals surface area contributed by atoms with Crippen molar-refractivity contribution in [2.75, 3.05) is 18.4 Å². The Balaban J connectivity index is 1.84. The van der Waals surface area contributed by atoms with Crippen molar-refractivity contribution in [1.82, 2.24) is 14.9 Å². The summed E-state index contributed by atoms with van der Waals surface area (Å²) in [4.78, 5) is 21.7. The van der Waals surface area contributed by atoms with Gasteiger partial charge >= 0.3 is 0 Å². The van der Waals surface area contributed by atoms with Gasteiger partial charge in [-0.25, -0.2) is 4.98 Å².